The van der Waals surface area contributed by atoms with Gasteiger partial charge in [0.05, 0.1) is 20.3 Å². The van der Waals surface area contributed by atoms with Crippen LogP contribution < -0.4 is 0 Å². The Kier molecular flexibility index (Phi) is 7.76. The van der Waals surface area contributed by atoms with Crippen LogP contribution in [0.2, 0.25) is 43.3 Å². The van der Waals surface area contributed by atoms with Gasteiger partial charge < -0.3 is 4.43 Å². The summed E-state index contributed by atoms with van der Waals surface area (Å²) in [5.41, 5.74) is 0.551. The zero-order valence-corrected chi connectivity index (χ0v) is 20.3. The van der Waals surface area contributed by atoms with E-state index >= 15 is 0 Å². The molecule has 0 heterocycles. The molecule has 0 amide bonds. The fourth-order valence-electron chi connectivity index (χ4n) is 3.53. The van der Waals surface area contributed by atoms with Gasteiger partial charge in [-0.15, -0.1) is 0 Å². The molecular formula is C21H42O2Si2. The summed E-state index contributed by atoms with van der Waals surface area (Å²) in [6.45, 7) is 20.9. The van der Waals surface area contributed by atoms with E-state index in [0.717, 1.165) is 12.2 Å². The van der Waals surface area contributed by atoms with Gasteiger partial charge in [-0.1, -0.05) is 66.6 Å². The second-order valence-corrected chi connectivity index (χ2v) is 20.7. The fourth-order valence-corrected chi connectivity index (χ4v) is 7.01. The third-order valence-electron chi connectivity index (χ3n) is 6.11. The van der Waals surface area contributed by atoms with Gasteiger partial charge in [0.25, 0.3) is 0 Å². The Hall–Kier alpha value is -0.356. The normalized spacial score (nSPS) is 23.2. The predicted octanol–water partition coefficient (Wildman–Crippen LogP) is 7.16. The van der Waals surface area contributed by atoms with Crippen molar-refractivity contribution in [1.82, 2.24) is 0 Å². The fraction of sp³-hybridized carbons (Fsp3) is 0.857. The van der Waals surface area contributed by atoms with Gasteiger partial charge in [-0.2, -0.15) is 0 Å². The number of rotatable bonds is 7. The van der Waals surface area contributed by atoms with Gasteiger partial charge in [0.1, 0.15) is 5.78 Å². The molecule has 1 rings (SSSR count). The summed E-state index contributed by atoms with van der Waals surface area (Å²) in [5.74, 6) is 1.89. The molecule has 0 aromatic carbocycles. The highest BCUT2D eigenvalue weighted by molar-refractivity contribution is 6.78. The average Bonchev–Trinajstić information content (AvgIpc) is 2.55. The van der Waals surface area contributed by atoms with Crippen LogP contribution in [0.5, 0.6) is 0 Å². The maximum absolute atomic E-state index is 12.7. The van der Waals surface area contributed by atoms with E-state index in [1.54, 1.807) is 0 Å². The molecule has 0 spiro atoms. The van der Waals surface area contributed by atoms with Crippen LogP contribution in [-0.4, -0.2) is 22.2 Å². The summed E-state index contributed by atoms with van der Waals surface area (Å²) < 4.78 is 6.59. The lowest BCUT2D eigenvalue weighted by Crippen LogP contribution is -2.40. The molecule has 2 atom stereocenters. The molecule has 0 unspecified atom stereocenters. The van der Waals surface area contributed by atoms with Gasteiger partial charge in [0, 0.05) is 6.42 Å². The second kappa shape index (κ2) is 8.56. The Morgan fingerprint density at radius 3 is 2.20 bits per heavy atom. The molecule has 25 heavy (non-hydrogen) atoms. The van der Waals surface area contributed by atoms with E-state index in [2.05, 4.69) is 66.5 Å². The number of hydrogen-bond donors (Lipinski definition) is 0. The van der Waals surface area contributed by atoms with Gasteiger partial charge in [-0.3, -0.25) is 4.79 Å². The number of ketones is 1. The molecular weight excluding hydrogens is 340 g/mol. The van der Waals surface area contributed by atoms with Crippen molar-refractivity contribution in [3.8, 4) is 0 Å². The van der Waals surface area contributed by atoms with E-state index in [9.17, 15) is 4.79 Å². The number of carbonyl (C=O) groups excluding carboxylic acids is 1. The van der Waals surface area contributed by atoms with Crippen LogP contribution in [-0.2, 0) is 9.22 Å². The quantitative estimate of drug-likeness (QED) is 0.345. The standard InChI is InChI=1S/C21H42O2Si2/c1-10-11-12-13-17-14-18(22)15-19(16-20(17)24(5,6)7)23-25(8,9)21(2,3)4/h16-17,20H,10-15H2,1-9H3/t17-,20+/m0/s1. The van der Waals surface area contributed by atoms with Crippen molar-refractivity contribution >= 4 is 22.2 Å². The van der Waals surface area contributed by atoms with Crippen molar-refractivity contribution in [2.75, 3.05) is 0 Å². The maximum Gasteiger partial charge on any atom is 0.250 e. The van der Waals surface area contributed by atoms with Gasteiger partial charge in [0.15, 0.2) is 0 Å². The van der Waals surface area contributed by atoms with E-state index < -0.39 is 16.4 Å². The second-order valence-electron chi connectivity index (χ2n) is 10.6. The Labute approximate surface area is 159 Å². The summed E-state index contributed by atoms with van der Waals surface area (Å²) in [7, 11) is -3.29. The van der Waals surface area contributed by atoms with Gasteiger partial charge >= 0.3 is 0 Å². The summed E-state index contributed by atoms with van der Waals surface area (Å²) in [6, 6.07) is 0. The first-order valence-corrected chi connectivity index (χ1v) is 16.7. The monoisotopic (exact) mass is 382 g/mol. The van der Waals surface area contributed by atoms with Crippen LogP contribution in [0.3, 0.4) is 0 Å². The molecule has 0 saturated carbocycles. The molecule has 0 aliphatic heterocycles. The number of hydrogen-bond acceptors (Lipinski definition) is 2. The van der Waals surface area contributed by atoms with E-state index in [1.807, 2.05) is 0 Å². The van der Waals surface area contributed by atoms with Gasteiger partial charge in [-0.05, 0) is 42.1 Å². The molecule has 0 aromatic rings. The smallest absolute Gasteiger partial charge is 0.250 e. The first-order chi connectivity index (χ1) is 11.3. The first-order valence-electron chi connectivity index (χ1n) is 10.2. The lowest BCUT2D eigenvalue weighted by atomic mass is 9.93. The van der Waals surface area contributed by atoms with E-state index in [0.29, 0.717) is 23.7 Å². The van der Waals surface area contributed by atoms with Crippen molar-refractivity contribution in [3.63, 3.8) is 0 Å². The molecule has 1 aliphatic rings. The minimum atomic E-state index is -1.89. The van der Waals surface area contributed by atoms with Crippen molar-refractivity contribution in [1.29, 1.82) is 0 Å². The van der Waals surface area contributed by atoms with Crippen molar-refractivity contribution < 1.29 is 9.22 Å². The van der Waals surface area contributed by atoms with Crippen molar-refractivity contribution in [2.45, 2.75) is 110 Å². The molecule has 4 heteroatoms. The average molecular weight is 383 g/mol. The number of allylic oxidation sites excluding steroid dienone is 2. The largest absolute Gasteiger partial charge is 0.546 e. The molecule has 0 fully saturated rings. The Morgan fingerprint density at radius 2 is 1.72 bits per heavy atom. The molecule has 2 nitrogen and oxygen atoms in total. The topological polar surface area (TPSA) is 26.3 Å². The number of carbonyl (C=O) groups is 1. The van der Waals surface area contributed by atoms with Crippen LogP contribution in [0, 0.1) is 5.92 Å². The van der Waals surface area contributed by atoms with Crippen LogP contribution in [0.25, 0.3) is 0 Å². The highest BCUT2D eigenvalue weighted by Gasteiger charge is 2.41. The molecule has 0 saturated heterocycles. The van der Waals surface area contributed by atoms with Gasteiger partial charge in [0.2, 0.25) is 8.32 Å². The Bertz CT molecular complexity index is 481. The summed E-state index contributed by atoms with van der Waals surface area (Å²) in [4.78, 5) is 12.7. The number of Topliss-reactive ketones (excluding diaryl/α,β-unsaturated/α-hetero) is 1. The van der Waals surface area contributed by atoms with E-state index in [-0.39, 0.29) is 5.04 Å². The third kappa shape index (κ3) is 6.70. The minimum Gasteiger partial charge on any atom is -0.546 e. The van der Waals surface area contributed by atoms with Crippen LogP contribution in [0.1, 0.15) is 66.2 Å². The summed E-state index contributed by atoms with van der Waals surface area (Å²) >= 11 is 0. The van der Waals surface area contributed by atoms with E-state index in [1.165, 1.54) is 25.7 Å². The zero-order valence-electron chi connectivity index (χ0n) is 18.3. The Morgan fingerprint density at radius 1 is 1.12 bits per heavy atom. The lowest BCUT2D eigenvalue weighted by Gasteiger charge is -2.38. The molecule has 1 aliphatic carbocycles. The zero-order chi connectivity index (χ0) is 19.5. The Balaban J connectivity index is 3.10. The van der Waals surface area contributed by atoms with Crippen LogP contribution in [0.4, 0.5) is 0 Å². The SMILES string of the molecule is CCCCC[C@H]1CC(=O)CC(O[Si](C)(C)C(C)(C)C)=C[C@H]1[Si](C)(C)C. The minimum absolute atomic E-state index is 0.165. The van der Waals surface area contributed by atoms with Crippen molar-refractivity contribution in [2.24, 2.45) is 5.92 Å². The maximum atomic E-state index is 12.7. The molecule has 0 bridgehead atoms. The molecule has 146 valence electrons. The summed E-state index contributed by atoms with van der Waals surface area (Å²) in [5, 5.41) is 0.165. The number of unbranched alkanes of at least 4 members (excludes halogenated alkanes) is 2. The van der Waals surface area contributed by atoms with Gasteiger partial charge in [-0.25, -0.2) is 0 Å². The summed E-state index contributed by atoms with van der Waals surface area (Å²) in [6.07, 6.45) is 8.62. The first kappa shape index (κ1) is 22.7. The van der Waals surface area contributed by atoms with E-state index in [4.69, 9.17) is 4.43 Å². The molecule has 0 radical (unpaired) electrons. The third-order valence-corrected chi connectivity index (χ3v) is 13.1. The van der Waals surface area contributed by atoms with Crippen LogP contribution >= 0.6 is 0 Å². The highest BCUT2D eigenvalue weighted by atomic mass is 28.4. The highest BCUT2D eigenvalue weighted by Crippen LogP contribution is 2.43. The predicted molar refractivity (Wildman–Crippen MR) is 115 cm³/mol. The lowest BCUT2D eigenvalue weighted by molar-refractivity contribution is -0.119. The molecule has 0 N–H and O–H groups in total. The van der Waals surface area contributed by atoms with Crippen molar-refractivity contribution in [3.05, 3.63) is 11.8 Å². The molecule has 0 aromatic heterocycles. The van der Waals surface area contributed by atoms with Crippen LogP contribution in [0.15, 0.2) is 11.8 Å².